The van der Waals surface area contributed by atoms with Gasteiger partial charge in [0, 0.05) is 23.3 Å². The van der Waals surface area contributed by atoms with Crippen molar-refractivity contribution in [2.24, 2.45) is 0 Å². The quantitative estimate of drug-likeness (QED) is 0.928. The Hall–Kier alpha value is -1.33. The molecule has 1 N–H and O–H groups in total. The summed E-state index contributed by atoms with van der Waals surface area (Å²) in [6.45, 7) is 4.23. The molecule has 118 valence electrons. The average molecular weight is 319 g/mol. The number of hydrogen-bond donors (Lipinski definition) is 1. The molecule has 3 rings (SSSR count). The molecule has 1 aliphatic heterocycles. The number of benzene rings is 1. The van der Waals surface area contributed by atoms with Crippen molar-refractivity contribution in [3.05, 3.63) is 47.5 Å². The van der Waals surface area contributed by atoms with Crippen LogP contribution >= 0.6 is 11.8 Å². The maximum absolute atomic E-state index is 13.4. The molecule has 0 radical (unpaired) electrons. The molecule has 0 aliphatic carbocycles. The van der Waals surface area contributed by atoms with E-state index in [0.717, 1.165) is 11.4 Å². The summed E-state index contributed by atoms with van der Waals surface area (Å²) in [5.74, 6) is 2.25. The minimum absolute atomic E-state index is 0.236. The Morgan fingerprint density at radius 1 is 1.36 bits per heavy atom. The first-order chi connectivity index (χ1) is 10.6. The second-order valence-corrected chi connectivity index (χ2v) is 7.08. The van der Waals surface area contributed by atoms with E-state index in [9.17, 15) is 4.39 Å². The molecule has 0 amide bonds. The summed E-state index contributed by atoms with van der Waals surface area (Å²) in [5, 5.41) is 8.16. The van der Waals surface area contributed by atoms with Crippen molar-refractivity contribution >= 4 is 11.8 Å². The van der Waals surface area contributed by atoms with Gasteiger partial charge in [-0.05, 0) is 56.4 Å². The molecule has 1 atom stereocenters. The molecule has 22 heavy (non-hydrogen) atoms. The van der Waals surface area contributed by atoms with Gasteiger partial charge in [0.05, 0.1) is 11.9 Å². The smallest absolute Gasteiger partial charge is 0.125 e. The van der Waals surface area contributed by atoms with Crippen LogP contribution in [0.1, 0.15) is 37.1 Å². The highest BCUT2D eigenvalue weighted by Crippen LogP contribution is 2.24. The average Bonchev–Trinajstić information content (AvgIpc) is 2.90. The van der Waals surface area contributed by atoms with Gasteiger partial charge in [0.2, 0.25) is 0 Å². The molecule has 0 unspecified atom stereocenters. The summed E-state index contributed by atoms with van der Waals surface area (Å²) in [7, 11) is 0. The standard InChI is InChI=1S/C17H22FN3S/c1-12(20-15-6-8-22-9-7-15)17-11-19-21(13(17)2)16-5-3-4-14(18)10-16/h3-5,10-12,15,20H,6-9H2,1-2H3/t12-/m1/s1. The molecule has 2 heterocycles. The van der Waals surface area contributed by atoms with Gasteiger partial charge in [0.15, 0.2) is 0 Å². The molecule has 1 aromatic carbocycles. The second-order valence-electron chi connectivity index (χ2n) is 5.85. The van der Waals surface area contributed by atoms with Crippen LogP contribution in [-0.4, -0.2) is 27.3 Å². The number of thioether (sulfide) groups is 1. The van der Waals surface area contributed by atoms with Gasteiger partial charge >= 0.3 is 0 Å². The summed E-state index contributed by atoms with van der Waals surface area (Å²) in [6.07, 6.45) is 4.35. The fraction of sp³-hybridized carbons (Fsp3) is 0.471. The lowest BCUT2D eigenvalue weighted by atomic mass is 10.1. The molecular weight excluding hydrogens is 297 g/mol. The predicted octanol–water partition coefficient (Wildman–Crippen LogP) is 3.87. The monoisotopic (exact) mass is 319 g/mol. The first-order valence-corrected chi connectivity index (χ1v) is 8.95. The van der Waals surface area contributed by atoms with E-state index in [0.29, 0.717) is 6.04 Å². The maximum atomic E-state index is 13.4. The summed E-state index contributed by atoms with van der Waals surface area (Å²) in [6, 6.07) is 7.41. The highest BCUT2D eigenvalue weighted by molar-refractivity contribution is 7.99. The molecule has 5 heteroatoms. The van der Waals surface area contributed by atoms with E-state index < -0.39 is 0 Å². The Morgan fingerprint density at radius 2 is 2.14 bits per heavy atom. The number of rotatable bonds is 4. The van der Waals surface area contributed by atoms with Gasteiger partial charge in [-0.25, -0.2) is 9.07 Å². The molecule has 1 aliphatic rings. The third kappa shape index (κ3) is 3.36. The van der Waals surface area contributed by atoms with Gasteiger partial charge in [0.1, 0.15) is 5.82 Å². The zero-order valence-electron chi connectivity index (χ0n) is 13.1. The zero-order chi connectivity index (χ0) is 15.5. The van der Waals surface area contributed by atoms with Crippen molar-refractivity contribution in [2.75, 3.05) is 11.5 Å². The molecule has 1 saturated heterocycles. The van der Waals surface area contributed by atoms with Crippen molar-refractivity contribution in [3.63, 3.8) is 0 Å². The molecule has 0 saturated carbocycles. The molecule has 1 aromatic heterocycles. The fourth-order valence-corrected chi connectivity index (χ4v) is 4.13. The van der Waals surface area contributed by atoms with E-state index in [2.05, 4.69) is 17.3 Å². The van der Waals surface area contributed by atoms with Crippen molar-refractivity contribution < 1.29 is 4.39 Å². The van der Waals surface area contributed by atoms with E-state index >= 15 is 0 Å². The van der Waals surface area contributed by atoms with Gasteiger partial charge < -0.3 is 5.32 Å². The summed E-state index contributed by atoms with van der Waals surface area (Å²) in [4.78, 5) is 0. The van der Waals surface area contributed by atoms with Crippen LogP contribution in [0, 0.1) is 12.7 Å². The van der Waals surface area contributed by atoms with Gasteiger partial charge in [-0.1, -0.05) is 6.07 Å². The molecule has 2 aromatic rings. The van der Waals surface area contributed by atoms with Crippen molar-refractivity contribution in [2.45, 2.75) is 38.8 Å². The van der Waals surface area contributed by atoms with Crippen LogP contribution in [0.2, 0.25) is 0 Å². The van der Waals surface area contributed by atoms with Crippen LogP contribution in [0.25, 0.3) is 5.69 Å². The third-order valence-electron chi connectivity index (χ3n) is 4.27. The molecule has 0 spiro atoms. The van der Waals surface area contributed by atoms with E-state index in [4.69, 9.17) is 0 Å². The largest absolute Gasteiger partial charge is 0.307 e. The highest BCUT2D eigenvalue weighted by atomic mass is 32.2. The Morgan fingerprint density at radius 3 is 2.86 bits per heavy atom. The minimum atomic E-state index is -0.236. The van der Waals surface area contributed by atoms with Crippen molar-refractivity contribution in [3.8, 4) is 5.69 Å². The molecular formula is C17H22FN3S. The van der Waals surface area contributed by atoms with Crippen LogP contribution < -0.4 is 5.32 Å². The van der Waals surface area contributed by atoms with Gasteiger partial charge in [-0.3, -0.25) is 0 Å². The molecule has 3 nitrogen and oxygen atoms in total. The topological polar surface area (TPSA) is 29.9 Å². The number of hydrogen-bond acceptors (Lipinski definition) is 3. The van der Waals surface area contributed by atoms with Gasteiger partial charge in [0.25, 0.3) is 0 Å². The molecule has 1 fully saturated rings. The van der Waals surface area contributed by atoms with Crippen LogP contribution in [0.3, 0.4) is 0 Å². The normalized spacial score (nSPS) is 17.6. The molecule has 0 bridgehead atoms. The summed E-state index contributed by atoms with van der Waals surface area (Å²) < 4.78 is 15.2. The predicted molar refractivity (Wildman–Crippen MR) is 90.2 cm³/mol. The Balaban J connectivity index is 1.77. The fourth-order valence-electron chi connectivity index (χ4n) is 3.02. The lowest BCUT2D eigenvalue weighted by molar-refractivity contribution is 0.430. The Labute approximate surface area is 135 Å². The van der Waals surface area contributed by atoms with Crippen LogP contribution in [0.15, 0.2) is 30.5 Å². The van der Waals surface area contributed by atoms with E-state index in [-0.39, 0.29) is 11.9 Å². The SMILES string of the molecule is Cc1c([C@@H](C)NC2CCSCC2)cnn1-c1cccc(F)c1. The second kappa shape index (κ2) is 6.84. The zero-order valence-corrected chi connectivity index (χ0v) is 13.9. The van der Waals surface area contributed by atoms with Crippen LogP contribution in [0.5, 0.6) is 0 Å². The Kier molecular flexibility index (Phi) is 4.84. The maximum Gasteiger partial charge on any atom is 0.125 e. The number of nitrogens with zero attached hydrogens (tertiary/aromatic N) is 2. The van der Waals surface area contributed by atoms with Crippen LogP contribution in [-0.2, 0) is 0 Å². The first-order valence-electron chi connectivity index (χ1n) is 7.79. The van der Waals surface area contributed by atoms with E-state index in [1.54, 1.807) is 6.07 Å². The first kappa shape index (κ1) is 15.6. The van der Waals surface area contributed by atoms with Gasteiger partial charge in [-0.2, -0.15) is 16.9 Å². The van der Waals surface area contributed by atoms with Crippen LogP contribution in [0.4, 0.5) is 4.39 Å². The number of aromatic nitrogens is 2. The van der Waals surface area contributed by atoms with E-state index in [1.165, 1.54) is 42.0 Å². The lowest BCUT2D eigenvalue weighted by Crippen LogP contribution is -2.34. The van der Waals surface area contributed by atoms with Gasteiger partial charge in [-0.15, -0.1) is 0 Å². The summed E-state index contributed by atoms with van der Waals surface area (Å²) in [5.41, 5.74) is 3.02. The third-order valence-corrected chi connectivity index (χ3v) is 5.32. The van der Waals surface area contributed by atoms with E-state index in [1.807, 2.05) is 35.6 Å². The highest BCUT2D eigenvalue weighted by Gasteiger charge is 2.19. The minimum Gasteiger partial charge on any atom is -0.307 e. The van der Waals surface area contributed by atoms with Crippen molar-refractivity contribution in [1.29, 1.82) is 0 Å². The number of halogens is 1. The Bertz CT molecular complexity index is 635. The van der Waals surface area contributed by atoms with Crippen molar-refractivity contribution in [1.82, 2.24) is 15.1 Å². The number of nitrogens with one attached hydrogen (secondary N) is 1. The lowest BCUT2D eigenvalue weighted by Gasteiger charge is -2.26. The summed E-state index contributed by atoms with van der Waals surface area (Å²) >= 11 is 2.04.